The molecule has 3 nitrogen and oxygen atoms in total. The lowest BCUT2D eigenvalue weighted by Crippen LogP contribution is -2.33. The molecule has 1 aromatic heterocycles. The van der Waals surface area contributed by atoms with Gasteiger partial charge in [-0.1, -0.05) is 0 Å². The molecule has 0 amide bonds. The van der Waals surface area contributed by atoms with Gasteiger partial charge in [0.1, 0.15) is 0 Å². The van der Waals surface area contributed by atoms with Crippen molar-refractivity contribution in [2.45, 2.75) is 25.8 Å². The lowest BCUT2D eigenvalue weighted by molar-refractivity contribution is 0.543. The SMILES string of the molecule is CC(CN)NCCCc1ccncc1. The Morgan fingerprint density at radius 1 is 1.43 bits per heavy atom. The lowest BCUT2D eigenvalue weighted by atomic mass is 10.1. The number of aryl methyl sites for hydroxylation is 1. The predicted octanol–water partition coefficient (Wildman–Crippen LogP) is 0.951. The van der Waals surface area contributed by atoms with Crippen LogP contribution in [0.4, 0.5) is 0 Å². The van der Waals surface area contributed by atoms with Crippen molar-refractivity contribution in [1.29, 1.82) is 0 Å². The van der Waals surface area contributed by atoms with E-state index in [1.807, 2.05) is 12.4 Å². The zero-order chi connectivity index (χ0) is 10.2. The average Bonchev–Trinajstić information content (AvgIpc) is 2.25. The molecule has 0 bridgehead atoms. The molecule has 78 valence electrons. The summed E-state index contributed by atoms with van der Waals surface area (Å²) >= 11 is 0. The zero-order valence-electron chi connectivity index (χ0n) is 8.74. The van der Waals surface area contributed by atoms with Crippen molar-refractivity contribution in [3.8, 4) is 0 Å². The Bertz CT molecular complexity index is 236. The lowest BCUT2D eigenvalue weighted by Gasteiger charge is -2.10. The summed E-state index contributed by atoms with van der Waals surface area (Å²) < 4.78 is 0. The van der Waals surface area contributed by atoms with Crippen molar-refractivity contribution < 1.29 is 0 Å². The molecule has 0 fully saturated rings. The van der Waals surface area contributed by atoms with Crippen molar-refractivity contribution >= 4 is 0 Å². The Balaban J connectivity index is 2.10. The molecule has 1 unspecified atom stereocenters. The van der Waals surface area contributed by atoms with E-state index in [4.69, 9.17) is 5.73 Å². The van der Waals surface area contributed by atoms with Gasteiger partial charge in [0.15, 0.2) is 0 Å². The van der Waals surface area contributed by atoms with E-state index < -0.39 is 0 Å². The largest absolute Gasteiger partial charge is 0.329 e. The first-order chi connectivity index (χ1) is 6.83. The van der Waals surface area contributed by atoms with Crippen LogP contribution in [0.25, 0.3) is 0 Å². The maximum Gasteiger partial charge on any atom is 0.0270 e. The van der Waals surface area contributed by atoms with Crippen molar-refractivity contribution in [3.05, 3.63) is 30.1 Å². The van der Waals surface area contributed by atoms with Gasteiger partial charge in [-0.25, -0.2) is 0 Å². The van der Waals surface area contributed by atoms with Crippen LogP contribution in [-0.2, 0) is 6.42 Å². The van der Waals surface area contributed by atoms with Crippen LogP contribution in [0.3, 0.4) is 0 Å². The smallest absolute Gasteiger partial charge is 0.0270 e. The molecule has 0 radical (unpaired) electrons. The van der Waals surface area contributed by atoms with Crippen LogP contribution >= 0.6 is 0 Å². The Morgan fingerprint density at radius 3 is 2.79 bits per heavy atom. The molecule has 1 heterocycles. The fourth-order valence-corrected chi connectivity index (χ4v) is 1.27. The number of hydrogen-bond donors (Lipinski definition) is 2. The van der Waals surface area contributed by atoms with Crippen LogP contribution < -0.4 is 11.1 Å². The van der Waals surface area contributed by atoms with E-state index in [9.17, 15) is 0 Å². The molecule has 0 saturated heterocycles. The Hall–Kier alpha value is -0.930. The first-order valence-corrected chi connectivity index (χ1v) is 5.15. The van der Waals surface area contributed by atoms with Crippen LogP contribution in [0, 0.1) is 0 Å². The number of hydrogen-bond acceptors (Lipinski definition) is 3. The third-order valence-electron chi connectivity index (χ3n) is 2.24. The van der Waals surface area contributed by atoms with Gasteiger partial charge in [0.05, 0.1) is 0 Å². The second kappa shape index (κ2) is 6.51. The summed E-state index contributed by atoms with van der Waals surface area (Å²) in [6.07, 6.45) is 5.93. The molecular weight excluding hydrogens is 174 g/mol. The average molecular weight is 193 g/mol. The van der Waals surface area contributed by atoms with Gasteiger partial charge in [0.2, 0.25) is 0 Å². The van der Waals surface area contributed by atoms with Crippen molar-refractivity contribution in [2.75, 3.05) is 13.1 Å². The highest BCUT2D eigenvalue weighted by Crippen LogP contribution is 1.99. The zero-order valence-corrected chi connectivity index (χ0v) is 8.74. The molecule has 0 aliphatic carbocycles. The molecular formula is C11H19N3. The fourth-order valence-electron chi connectivity index (χ4n) is 1.27. The molecule has 1 aromatic rings. The number of nitrogens with one attached hydrogen (secondary N) is 1. The quantitative estimate of drug-likeness (QED) is 0.661. The molecule has 0 saturated carbocycles. The van der Waals surface area contributed by atoms with E-state index in [-0.39, 0.29) is 0 Å². The molecule has 3 N–H and O–H groups in total. The fraction of sp³-hybridized carbons (Fsp3) is 0.545. The highest BCUT2D eigenvalue weighted by molar-refractivity contribution is 5.09. The van der Waals surface area contributed by atoms with Crippen LogP contribution in [0.2, 0.25) is 0 Å². The summed E-state index contributed by atoms with van der Waals surface area (Å²) in [5.74, 6) is 0. The molecule has 1 atom stereocenters. The molecule has 3 heteroatoms. The minimum atomic E-state index is 0.424. The van der Waals surface area contributed by atoms with Gasteiger partial charge in [0.25, 0.3) is 0 Å². The van der Waals surface area contributed by atoms with Gasteiger partial charge in [-0.15, -0.1) is 0 Å². The van der Waals surface area contributed by atoms with Gasteiger partial charge in [-0.05, 0) is 44.0 Å². The second-order valence-electron chi connectivity index (χ2n) is 3.55. The van der Waals surface area contributed by atoms with Gasteiger partial charge < -0.3 is 11.1 Å². The van der Waals surface area contributed by atoms with Crippen LogP contribution in [0.15, 0.2) is 24.5 Å². The molecule has 0 spiro atoms. The van der Waals surface area contributed by atoms with Gasteiger partial charge >= 0.3 is 0 Å². The minimum Gasteiger partial charge on any atom is -0.329 e. The normalized spacial score (nSPS) is 12.7. The van der Waals surface area contributed by atoms with Crippen LogP contribution in [0.5, 0.6) is 0 Å². The first kappa shape index (κ1) is 11.1. The Morgan fingerprint density at radius 2 is 2.14 bits per heavy atom. The summed E-state index contributed by atoms with van der Waals surface area (Å²) in [4.78, 5) is 3.98. The second-order valence-corrected chi connectivity index (χ2v) is 3.55. The van der Waals surface area contributed by atoms with Crippen molar-refractivity contribution in [1.82, 2.24) is 10.3 Å². The number of aromatic nitrogens is 1. The van der Waals surface area contributed by atoms with Crippen LogP contribution in [-0.4, -0.2) is 24.1 Å². The summed E-state index contributed by atoms with van der Waals surface area (Å²) in [7, 11) is 0. The van der Waals surface area contributed by atoms with Crippen molar-refractivity contribution in [2.24, 2.45) is 5.73 Å². The Labute approximate surface area is 85.7 Å². The van der Waals surface area contributed by atoms with E-state index in [1.54, 1.807) is 0 Å². The third-order valence-corrected chi connectivity index (χ3v) is 2.24. The van der Waals surface area contributed by atoms with Gasteiger partial charge in [-0.2, -0.15) is 0 Å². The summed E-state index contributed by atoms with van der Waals surface area (Å²) in [5.41, 5.74) is 6.84. The van der Waals surface area contributed by atoms with E-state index in [0.29, 0.717) is 12.6 Å². The molecule has 0 aromatic carbocycles. The maximum absolute atomic E-state index is 5.49. The molecule has 0 aliphatic heterocycles. The summed E-state index contributed by atoms with van der Waals surface area (Å²) in [6, 6.07) is 4.55. The number of nitrogens with two attached hydrogens (primary N) is 1. The van der Waals surface area contributed by atoms with E-state index in [0.717, 1.165) is 19.4 Å². The van der Waals surface area contributed by atoms with Crippen LogP contribution in [0.1, 0.15) is 18.9 Å². The number of pyridine rings is 1. The molecule has 1 rings (SSSR count). The van der Waals surface area contributed by atoms with Gasteiger partial charge in [0, 0.05) is 25.0 Å². The highest BCUT2D eigenvalue weighted by atomic mass is 14.9. The minimum absolute atomic E-state index is 0.424. The number of rotatable bonds is 6. The standard InChI is InChI=1S/C11H19N3/c1-10(9-12)14-6-2-3-11-4-7-13-8-5-11/h4-5,7-8,10,14H,2-3,6,9,12H2,1H3. The Kier molecular flexibility index (Phi) is 5.19. The predicted molar refractivity (Wildman–Crippen MR) is 59.1 cm³/mol. The first-order valence-electron chi connectivity index (χ1n) is 5.15. The van der Waals surface area contributed by atoms with E-state index >= 15 is 0 Å². The monoisotopic (exact) mass is 193 g/mol. The van der Waals surface area contributed by atoms with Crippen molar-refractivity contribution in [3.63, 3.8) is 0 Å². The van der Waals surface area contributed by atoms with E-state index in [2.05, 4.69) is 29.4 Å². The summed E-state index contributed by atoms with van der Waals surface area (Å²) in [6.45, 7) is 3.84. The third kappa shape index (κ3) is 4.35. The topological polar surface area (TPSA) is 50.9 Å². The molecule has 14 heavy (non-hydrogen) atoms. The molecule has 0 aliphatic rings. The van der Waals surface area contributed by atoms with E-state index in [1.165, 1.54) is 5.56 Å². The maximum atomic E-state index is 5.49. The highest BCUT2D eigenvalue weighted by Gasteiger charge is 1.96. The number of nitrogens with zero attached hydrogens (tertiary/aromatic N) is 1. The van der Waals surface area contributed by atoms with Gasteiger partial charge in [-0.3, -0.25) is 4.98 Å². The summed E-state index contributed by atoms with van der Waals surface area (Å²) in [5, 5.41) is 3.36.